The molecule has 10 heavy (non-hydrogen) atoms. The molecule has 0 bridgehead atoms. The van der Waals surface area contributed by atoms with Crippen LogP contribution in [0.15, 0.2) is 11.6 Å². The summed E-state index contributed by atoms with van der Waals surface area (Å²) in [4.78, 5) is 12.1. The van der Waals surface area contributed by atoms with Gasteiger partial charge in [0.05, 0.1) is 0 Å². The monoisotopic (exact) mass is 163 g/mol. The van der Waals surface area contributed by atoms with Gasteiger partial charge in [0, 0.05) is 11.6 Å². The van der Waals surface area contributed by atoms with Crippen LogP contribution >= 0.6 is 11.3 Å². The van der Waals surface area contributed by atoms with Crippen molar-refractivity contribution in [2.45, 2.75) is 0 Å². The summed E-state index contributed by atoms with van der Waals surface area (Å²) in [6.45, 7) is 0. The van der Waals surface area contributed by atoms with Crippen molar-refractivity contribution in [2.24, 2.45) is 0 Å². The maximum atomic E-state index is 8.36. The molecule has 1 heterocycles. The molecule has 0 amide bonds. The molecule has 0 radical (unpaired) electrons. The van der Waals surface area contributed by atoms with Crippen LogP contribution in [-0.2, 0) is 0 Å². The van der Waals surface area contributed by atoms with Crippen LogP contribution in [-0.4, -0.2) is 15.3 Å². The van der Waals surface area contributed by atoms with E-state index in [9.17, 15) is 0 Å². The molecular weight excluding hydrogens is 158 g/mol. The zero-order valence-corrected chi connectivity index (χ0v) is 5.61. The molecule has 0 unspecified atom stereocenters. The van der Waals surface area contributed by atoms with Crippen molar-refractivity contribution < 1.29 is 10.3 Å². The molecule has 0 aromatic carbocycles. The fourth-order valence-corrected chi connectivity index (χ4v) is 0.617. The van der Waals surface area contributed by atoms with Gasteiger partial charge in [-0.3, -0.25) is 0 Å². The number of nitrogens with zero attached hydrogens (tertiary/aromatic N) is 2. The van der Waals surface area contributed by atoms with Gasteiger partial charge in [0.25, 0.3) is 5.09 Å². The molecule has 1 rings (SSSR count). The molecule has 1 aromatic rings. The average molecular weight is 163 g/mol. The van der Waals surface area contributed by atoms with E-state index < -0.39 is 5.09 Å². The Hall–Kier alpha value is -1.37. The standard InChI is InChI=1S/C3H4N2S.HNO3/c4-3-5-1-2-6-3;2-1(3)4/h1-2H,(H2,4,5);(H,2,3,4). The van der Waals surface area contributed by atoms with Gasteiger partial charge < -0.3 is 10.9 Å². The number of anilines is 1. The van der Waals surface area contributed by atoms with E-state index in [0.717, 1.165) is 0 Å². The topological polar surface area (TPSA) is 102 Å². The number of nitrogen functional groups attached to an aromatic ring is 1. The van der Waals surface area contributed by atoms with Crippen LogP contribution in [0.25, 0.3) is 0 Å². The number of hydrogen-bond donors (Lipinski definition) is 2. The lowest BCUT2D eigenvalue weighted by molar-refractivity contribution is -0.742. The van der Waals surface area contributed by atoms with Crippen molar-refractivity contribution in [1.82, 2.24) is 4.98 Å². The SMILES string of the molecule is Nc1nccs1.O=[N+]([O-])O. The summed E-state index contributed by atoms with van der Waals surface area (Å²) in [7, 11) is 0. The van der Waals surface area contributed by atoms with E-state index in [4.69, 9.17) is 21.1 Å². The molecule has 0 aliphatic carbocycles. The minimum absolute atomic E-state index is 0.634. The molecule has 0 aliphatic rings. The van der Waals surface area contributed by atoms with Gasteiger partial charge in [0.15, 0.2) is 5.13 Å². The van der Waals surface area contributed by atoms with Crippen LogP contribution in [0.2, 0.25) is 0 Å². The molecule has 6 nitrogen and oxygen atoms in total. The second kappa shape index (κ2) is 4.50. The summed E-state index contributed by atoms with van der Waals surface area (Å²) >= 11 is 1.44. The van der Waals surface area contributed by atoms with Gasteiger partial charge in [-0.2, -0.15) is 0 Å². The highest BCUT2D eigenvalue weighted by Gasteiger charge is 1.76. The number of thiazole rings is 1. The van der Waals surface area contributed by atoms with Crippen molar-refractivity contribution in [3.63, 3.8) is 0 Å². The molecule has 0 saturated carbocycles. The van der Waals surface area contributed by atoms with Crippen molar-refractivity contribution in [1.29, 1.82) is 0 Å². The van der Waals surface area contributed by atoms with Gasteiger partial charge >= 0.3 is 0 Å². The molecule has 3 N–H and O–H groups in total. The van der Waals surface area contributed by atoms with Gasteiger partial charge in [0.1, 0.15) is 0 Å². The Morgan fingerprint density at radius 2 is 2.40 bits per heavy atom. The summed E-state index contributed by atoms with van der Waals surface area (Å²) < 4.78 is 0. The fourth-order valence-electron chi connectivity index (χ4n) is 0.234. The fraction of sp³-hybridized carbons (Fsp3) is 0. The first-order valence-electron chi connectivity index (χ1n) is 2.11. The molecule has 0 spiro atoms. The average Bonchev–Trinajstić information content (AvgIpc) is 2.15. The van der Waals surface area contributed by atoms with Crippen molar-refractivity contribution in [3.8, 4) is 0 Å². The molecule has 1 aromatic heterocycles. The number of nitrogens with two attached hydrogens (primary N) is 1. The van der Waals surface area contributed by atoms with Crippen LogP contribution in [0, 0.1) is 10.1 Å². The van der Waals surface area contributed by atoms with E-state index in [1.54, 1.807) is 6.20 Å². The number of rotatable bonds is 0. The van der Waals surface area contributed by atoms with Gasteiger partial charge in [0.2, 0.25) is 0 Å². The Kier molecular flexibility index (Phi) is 3.89. The quantitative estimate of drug-likeness (QED) is 0.425. The van der Waals surface area contributed by atoms with Crippen LogP contribution in [0.4, 0.5) is 5.13 Å². The Morgan fingerprint density at radius 3 is 2.50 bits per heavy atom. The zero-order chi connectivity index (χ0) is 7.98. The van der Waals surface area contributed by atoms with Crippen LogP contribution in [0.3, 0.4) is 0 Å². The van der Waals surface area contributed by atoms with Gasteiger partial charge in [-0.25, -0.2) is 4.98 Å². The summed E-state index contributed by atoms with van der Waals surface area (Å²) in [5.74, 6) is 0. The lowest BCUT2D eigenvalue weighted by atomic mass is 11.0. The highest BCUT2D eigenvalue weighted by atomic mass is 32.1. The van der Waals surface area contributed by atoms with E-state index in [-0.39, 0.29) is 0 Å². The van der Waals surface area contributed by atoms with Crippen LogP contribution in [0.1, 0.15) is 0 Å². The largest absolute Gasteiger partial charge is 0.375 e. The van der Waals surface area contributed by atoms with E-state index in [1.807, 2.05) is 5.38 Å². The van der Waals surface area contributed by atoms with Crippen molar-refractivity contribution in [2.75, 3.05) is 5.73 Å². The minimum atomic E-state index is -1.50. The predicted octanol–water partition coefficient (Wildman–Crippen LogP) is 0.378. The Bertz CT molecular complexity index is 183. The van der Waals surface area contributed by atoms with Crippen molar-refractivity contribution >= 4 is 16.5 Å². The van der Waals surface area contributed by atoms with Gasteiger partial charge in [-0.1, -0.05) is 0 Å². The van der Waals surface area contributed by atoms with Gasteiger partial charge in [-0.05, 0) is 0 Å². The molecule has 0 saturated heterocycles. The van der Waals surface area contributed by atoms with E-state index >= 15 is 0 Å². The van der Waals surface area contributed by atoms with E-state index in [2.05, 4.69) is 4.98 Å². The van der Waals surface area contributed by atoms with Crippen molar-refractivity contribution in [3.05, 3.63) is 21.7 Å². The normalized spacial score (nSPS) is 7.60. The third-order valence-electron chi connectivity index (χ3n) is 0.451. The number of hydrogen-bond acceptors (Lipinski definition) is 5. The molecule has 0 fully saturated rings. The van der Waals surface area contributed by atoms with Crippen LogP contribution in [0.5, 0.6) is 0 Å². The van der Waals surface area contributed by atoms with Crippen LogP contribution < -0.4 is 5.73 Å². The molecule has 0 atom stereocenters. The second-order valence-electron chi connectivity index (χ2n) is 1.11. The first-order chi connectivity index (χ1) is 4.63. The summed E-state index contributed by atoms with van der Waals surface area (Å²) in [6.07, 6.45) is 1.68. The first kappa shape index (κ1) is 8.63. The van der Waals surface area contributed by atoms with E-state index in [1.165, 1.54) is 11.3 Å². The Labute approximate surface area is 60.0 Å². The highest BCUT2D eigenvalue weighted by Crippen LogP contribution is 2.02. The molecule has 56 valence electrons. The first-order valence-corrected chi connectivity index (χ1v) is 2.99. The highest BCUT2D eigenvalue weighted by molar-refractivity contribution is 7.13. The Balaban J connectivity index is 0.000000180. The Morgan fingerprint density at radius 1 is 1.90 bits per heavy atom. The van der Waals surface area contributed by atoms with Gasteiger partial charge in [-0.15, -0.1) is 21.5 Å². The number of aromatic nitrogens is 1. The molecule has 0 aliphatic heterocycles. The zero-order valence-electron chi connectivity index (χ0n) is 4.80. The second-order valence-corrected chi connectivity index (χ2v) is 2.03. The lowest BCUT2D eigenvalue weighted by Gasteiger charge is -1.67. The van der Waals surface area contributed by atoms with E-state index in [0.29, 0.717) is 5.13 Å². The summed E-state index contributed by atoms with van der Waals surface area (Å²) in [5, 5.41) is 16.1. The smallest absolute Gasteiger partial charge is 0.291 e. The lowest BCUT2D eigenvalue weighted by Crippen LogP contribution is -1.81. The third kappa shape index (κ3) is 6.63. The molecular formula is C3H5N3O3S. The predicted molar refractivity (Wildman–Crippen MR) is 35.3 cm³/mol. The minimum Gasteiger partial charge on any atom is -0.375 e. The molecule has 7 heteroatoms. The summed E-state index contributed by atoms with van der Waals surface area (Å²) in [6, 6.07) is 0. The summed E-state index contributed by atoms with van der Waals surface area (Å²) in [5.41, 5.74) is 5.19. The maximum absolute atomic E-state index is 8.36. The third-order valence-corrected chi connectivity index (χ3v) is 1.06. The maximum Gasteiger partial charge on any atom is 0.291 e.